The normalized spacial score (nSPS) is 18.9. The molecule has 6 heteroatoms. The first-order chi connectivity index (χ1) is 10.1. The molecule has 21 heavy (non-hydrogen) atoms. The zero-order valence-corrected chi connectivity index (χ0v) is 13.3. The Hall–Kier alpha value is -0.810. The van der Waals surface area contributed by atoms with Crippen molar-refractivity contribution in [2.24, 2.45) is 5.92 Å². The van der Waals surface area contributed by atoms with E-state index in [-0.39, 0.29) is 12.5 Å². The van der Waals surface area contributed by atoms with E-state index >= 15 is 0 Å². The summed E-state index contributed by atoms with van der Waals surface area (Å²) in [6.45, 7) is 2.93. The third-order valence-electron chi connectivity index (χ3n) is 3.76. The highest BCUT2D eigenvalue weighted by molar-refractivity contribution is 6.35. The van der Waals surface area contributed by atoms with Crippen LogP contribution in [0.4, 0.5) is 5.69 Å². The summed E-state index contributed by atoms with van der Waals surface area (Å²) in [4.78, 5) is 14.2. The van der Waals surface area contributed by atoms with Gasteiger partial charge in [-0.3, -0.25) is 4.79 Å². The number of likely N-dealkylation sites (tertiary alicyclic amines) is 1. The molecule has 0 saturated carbocycles. The molecule has 1 aliphatic rings. The number of rotatable bonds is 6. The van der Waals surface area contributed by atoms with E-state index in [1.165, 1.54) is 0 Å². The van der Waals surface area contributed by atoms with Crippen LogP contribution in [0.15, 0.2) is 18.2 Å². The van der Waals surface area contributed by atoms with Crippen molar-refractivity contribution in [2.75, 3.05) is 31.6 Å². The molecule has 0 aliphatic carbocycles. The van der Waals surface area contributed by atoms with Gasteiger partial charge in [-0.2, -0.15) is 0 Å². The van der Waals surface area contributed by atoms with Crippen LogP contribution in [0.2, 0.25) is 10.0 Å². The summed E-state index contributed by atoms with van der Waals surface area (Å²) in [6.07, 6.45) is 2.37. The molecular weight excluding hydrogens is 311 g/mol. The van der Waals surface area contributed by atoms with E-state index in [0.29, 0.717) is 28.1 Å². The van der Waals surface area contributed by atoms with Crippen LogP contribution in [0.1, 0.15) is 19.3 Å². The molecule has 1 heterocycles. The van der Waals surface area contributed by atoms with Crippen molar-refractivity contribution in [1.82, 2.24) is 4.90 Å². The van der Waals surface area contributed by atoms with Crippen molar-refractivity contribution in [3.05, 3.63) is 28.2 Å². The monoisotopic (exact) mass is 330 g/mol. The molecule has 1 unspecified atom stereocenters. The zero-order valence-electron chi connectivity index (χ0n) is 11.8. The van der Waals surface area contributed by atoms with E-state index in [9.17, 15) is 4.79 Å². The molecule has 1 amide bonds. The largest absolute Gasteiger partial charge is 0.396 e. The molecule has 1 fully saturated rings. The van der Waals surface area contributed by atoms with Crippen LogP contribution >= 0.6 is 23.2 Å². The van der Waals surface area contributed by atoms with Gasteiger partial charge in [0.15, 0.2) is 0 Å². The molecule has 1 aliphatic heterocycles. The lowest BCUT2D eigenvalue weighted by molar-refractivity contribution is -0.116. The number of carbonyl (C=O) groups is 1. The second-order valence-electron chi connectivity index (χ2n) is 5.39. The van der Waals surface area contributed by atoms with Crippen LogP contribution in [-0.4, -0.2) is 42.2 Å². The molecular formula is C15H20Cl2N2O2. The lowest BCUT2D eigenvalue weighted by Gasteiger charge is -2.15. The molecule has 1 atom stereocenters. The summed E-state index contributed by atoms with van der Waals surface area (Å²) >= 11 is 11.9. The van der Waals surface area contributed by atoms with Crippen molar-refractivity contribution in [3.63, 3.8) is 0 Å². The van der Waals surface area contributed by atoms with E-state index < -0.39 is 0 Å². The van der Waals surface area contributed by atoms with Crippen LogP contribution < -0.4 is 5.32 Å². The van der Waals surface area contributed by atoms with Gasteiger partial charge in [0.2, 0.25) is 5.91 Å². The standard InChI is InChI=1S/C15H20Cl2N2O2/c16-12-1-2-13(17)14(9-12)18-15(21)4-7-19-6-3-11(10-19)5-8-20/h1-2,9,11,20H,3-8,10H2,(H,18,21). The predicted molar refractivity (Wildman–Crippen MR) is 86.0 cm³/mol. The highest BCUT2D eigenvalue weighted by Gasteiger charge is 2.22. The molecule has 2 N–H and O–H groups in total. The summed E-state index contributed by atoms with van der Waals surface area (Å²) in [5.41, 5.74) is 0.550. The summed E-state index contributed by atoms with van der Waals surface area (Å²) in [5, 5.41) is 12.8. The van der Waals surface area contributed by atoms with Crippen molar-refractivity contribution in [2.45, 2.75) is 19.3 Å². The number of carbonyl (C=O) groups excluding carboxylic acids is 1. The SMILES string of the molecule is O=C(CCN1CCC(CCO)C1)Nc1cc(Cl)ccc1Cl. The number of aliphatic hydroxyl groups is 1. The molecule has 1 aromatic rings. The number of aliphatic hydroxyl groups excluding tert-OH is 1. The van der Waals surface area contributed by atoms with Gasteiger partial charge in [0, 0.05) is 31.1 Å². The second kappa shape index (κ2) is 7.99. The number of nitrogens with one attached hydrogen (secondary N) is 1. The van der Waals surface area contributed by atoms with Crippen LogP contribution in [0, 0.1) is 5.92 Å². The maximum Gasteiger partial charge on any atom is 0.225 e. The lowest BCUT2D eigenvalue weighted by atomic mass is 10.1. The molecule has 0 bridgehead atoms. The Morgan fingerprint density at radius 2 is 2.24 bits per heavy atom. The minimum Gasteiger partial charge on any atom is -0.396 e. The Kier molecular flexibility index (Phi) is 6.30. The van der Waals surface area contributed by atoms with Gasteiger partial charge in [0.25, 0.3) is 0 Å². The van der Waals surface area contributed by atoms with Gasteiger partial charge in [-0.25, -0.2) is 0 Å². The second-order valence-corrected chi connectivity index (χ2v) is 6.23. The highest BCUT2D eigenvalue weighted by Crippen LogP contribution is 2.25. The van der Waals surface area contributed by atoms with Gasteiger partial charge in [-0.05, 0) is 43.5 Å². The molecule has 116 valence electrons. The number of halogens is 2. The van der Waals surface area contributed by atoms with E-state index in [4.69, 9.17) is 28.3 Å². The van der Waals surface area contributed by atoms with Crippen molar-refractivity contribution in [3.8, 4) is 0 Å². The maximum atomic E-state index is 12.0. The topological polar surface area (TPSA) is 52.6 Å². The zero-order chi connectivity index (χ0) is 15.2. The molecule has 1 aromatic carbocycles. The van der Waals surface area contributed by atoms with Crippen LogP contribution in [0.5, 0.6) is 0 Å². The highest BCUT2D eigenvalue weighted by atomic mass is 35.5. The van der Waals surface area contributed by atoms with Gasteiger partial charge < -0.3 is 15.3 Å². The molecule has 0 aromatic heterocycles. The Bertz CT molecular complexity index is 497. The maximum absolute atomic E-state index is 12.0. The van der Waals surface area contributed by atoms with E-state index in [0.717, 1.165) is 32.5 Å². The first kappa shape index (κ1) is 16.6. The van der Waals surface area contributed by atoms with Crippen molar-refractivity contribution >= 4 is 34.8 Å². The van der Waals surface area contributed by atoms with Crippen LogP contribution in [-0.2, 0) is 4.79 Å². The molecule has 1 saturated heterocycles. The van der Waals surface area contributed by atoms with Gasteiger partial charge in [0.05, 0.1) is 10.7 Å². The fourth-order valence-corrected chi connectivity index (χ4v) is 2.94. The lowest BCUT2D eigenvalue weighted by Crippen LogP contribution is -2.26. The van der Waals surface area contributed by atoms with Gasteiger partial charge in [-0.1, -0.05) is 23.2 Å². The number of hydrogen-bond donors (Lipinski definition) is 2. The molecule has 0 radical (unpaired) electrons. The Labute approximate surface area is 135 Å². The molecule has 4 nitrogen and oxygen atoms in total. The molecule has 0 spiro atoms. The first-order valence-corrected chi connectivity index (χ1v) is 7.92. The van der Waals surface area contributed by atoms with Crippen molar-refractivity contribution < 1.29 is 9.90 Å². The smallest absolute Gasteiger partial charge is 0.225 e. The fourth-order valence-electron chi connectivity index (χ4n) is 2.60. The quantitative estimate of drug-likeness (QED) is 0.842. The number of benzene rings is 1. The average Bonchev–Trinajstić information content (AvgIpc) is 2.89. The van der Waals surface area contributed by atoms with Gasteiger partial charge >= 0.3 is 0 Å². The minimum atomic E-state index is -0.0650. The average molecular weight is 331 g/mol. The van der Waals surface area contributed by atoms with E-state index in [1.807, 2.05) is 0 Å². The first-order valence-electron chi connectivity index (χ1n) is 7.16. The summed E-state index contributed by atoms with van der Waals surface area (Å²) in [5.74, 6) is 0.491. The summed E-state index contributed by atoms with van der Waals surface area (Å²) < 4.78 is 0. The minimum absolute atomic E-state index is 0.0650. The van der Waals surface area contributed by atoms with Crippen molar-refractivity contribution in [1.29, 1.82) is 0 Å². The summed E-state index contributed by atoms with van der Waals surface area (Å²) in [7, 11) is 0. The number of hydrogen-bond acceptors (Lipinski definition) is 3. The van der Waals surface area contributed by atoms with Gasteiger partial charge in [-0.15, -0.1) is 0 Å². The Balaban J connectivity index is 1.76. The third-order valence-corrected chi connectivity index (χ3v) is 4.33. The van der Waals surface area contributed by atoms with Crippen LogP contribution in [0.25, 0.3) is 0 Å². The number of nitrogens with zero attached hydrogens (tertiary/aromatic N) is 1. The van der Waals surface area contributed by atoms with E-state index in [1.54, 1.807) is 18.2 Å². The van der Waals surface area contributed by atoms with E-state index in [2.05, 4.69) is 10.2 Å². The Morgan fingerprint density at radius 3 is 3.00 bits per heavy atom. The summed E-state index contributed by atoms with van der Waals surface area (Å²) in [6, 6.07) is 5.00. The third kappa shape index (κ3) is 5.15. The molecule has 2 rings (SSSR count). The van der Waals surface area contributed by atoms with Crippen LogP contribution in [0.3, 0.4) is 0 Å². The number of anilines is 1. The predicted octanol–water partition coefficient (Wildman–Crippen LogP) is 3.03. The fraction of sp³-hybridized carbons (Fsp3) is 0.533. The van der Waals surface area contributed by atoms with Gasteiger partial charge in [0.1, 0.15) is 0 Å². The number of amides is 1. The Morgan fingerprint density at radius 1 is 1.43 bits per heavy atom.